The highest BCUT2D eigenvalue weighted by Gasteiger charge is 2.20. The Balaban J connectivity index is 1.51. The number of morpholine rings is 1. The fourth-order valence-electron chi connectivity index (χ4n) is 3.47. The molecule has 0 bridgehead atoms. The van der Waals surface area contributed by atoms with Crippen molar-refractivity contribution >= 4 is 51.8 Å². The van der Waals surface area contributed by atoms with Crippen molar-refractivity contribution in [2.75, 3.05) is 43.5 Å². The number of carbonyl (C=O) groups is 1. The molecule has 1 amide bonds. The molecule has 0 unspecified atom stereocenters. The summed E-state index contributed by atoms with van der Waals surface area (Å²) in [5.41, 5.74) is 0.546. The van der Waals surface area contributed by atoms with Crippen LogP contribution in [0.1, 0.15) is 17.3 Å². The quantitative estimate of drug-likeness (QED) is 0.219. The van der Waals surface area contributed by atoms with Gasteiger partial charge in [-0.15, -0.1) is 0 Å². The number of nitrogens with one attached hydrogen (secondary N) is 1. The molecule has 3 heterocycles. The summed E-state index contributed by atoms with van der Waals surface area (Å²) in [6.45, 7) is 5.46. The number of hydrogen-bond donors (Lipinski definition) is 1. The lowest BCUT2D eigenvalue weighted by molar-refractivity contribution is -0.384. The van der Waals surface area contributed by atoms with Gasteiger partial charge in [0.25, 0.3) is 11.6 Å². The average molecular weight is 492 g/mol. The smallest absolute Gasteiger partial charge is 0.288 e. The summed E-state index contributed by atoms with van der Waals surface area (Å²) in [4.78, 5) is 34.5. The molecule has 1 saturated heterocycles. The Hall–Kier alpha value is -2.96. The number of anilines is 1. The van der Waals surface area contributed by atoms with Crippen LogP contribution in [-0.4, -0.2) is 69.2 Å². The first kappa shape index (κ1) is 23.2. The summed E-state index contributed by atoms with van der Waals surface area (Å²) in [5.74, 6) is 1.24. The third kappa shape index (κ3) is 5.18. The molecule has 11 nitrogen and oxygen atoms in total. The molecule has 1 aliphatic heterocycles. The third-order valence-electron chi connectivity index (χ3n) is 5.05. The fourth-order valence-corrected chi connectivity index (χ4v) is 4.21. The predicted octanol–water partition coefficient (Wildman–Crippen LogP) is 2.77. The van der Waals surface area contributed by atoms with Crippen LogP contribution in [0.15, 0.2) is 29.6 Å². The molecule has 0 aliphatic carbocycles. The maximum absolute atomic E-state index is 12.5. The molecule has 0 atom stereocenters. The van der Waals surface area contributed by atoms with Crippen LogP contribution in [0.25, 0.3) is 11.0 Å². The van der Waals surface area contributed by atoms with Gasteiger partial charge in [-0.25, -0.2) is 14.6 Å². The second-order valence-electron chi connectivity index (χ2n) is 7.15. The summed E-state index contributed by atoms with van der Waals surface area (Å²) < 4.78 is 7.19. The number of hydrogen-bond acceptors (Lipinski definition) is 9. The van der Waals surface area contributed by atoms with Crippen LogP contribution in [-0.2, 0) is 11.3 Å². The van der Waals surface area contributed by atoms with Crippen molar-refractivity contribution in [1.29, 1.82) is 0 Å². The molecule has 174 valence electrons. The van der Waals surface area contributed by atoms with E-state index < -0.39 is 10.8 Å². The van der Waals surface area contributed by atoms with E-state index in [2.05, 4.69) is 20.3 Å². The second kappa shape index (κ2) is 10.3. The maximum atomic E-state index is 12.5. The van der Waals surface area contributed by atoms with Crippen molar-refractivity contribution in [3.63, 3.8) is 0 Å². The fraction of sp³-hybridized carbons (Fsp3) is 0.400. The van der Waals surface area contributed by atoms with Crippen LogP contribution in [0, 0.1) is 10.1 Å². The van der Waals surface area contributed by atoms with Gasteiger partial charge < -0.3 is 15.0 Å². The lowest BCUT2D eigenvalue weighted by Crippen LogP contribution is -2.37. The lowest BCUT2D eigenvalue weighted by atomic mass is 10.2. The van der Waals surface area contributed by atoms with E-state index in [0.717, 1.165) is 36.1 Å². The summed E-state index contributed by atoms with van der Waals surface area (Å²) in [5, 5.41) is 19.8. The van der Waals surface area contributed by atoms with Crippen LogP contribution < -0.4 is 10.2 Å². The van der Waals surface area contributed by atoms with E-state index in [1.165, 1.54) is 12.1 Å². The van der Waals surface area contributed by atoms with Gasteiger partial charge in [-0.1, -0.05) is 30.3 Å². The number of nitro benzene ring substituents is 1. The van der Waals surface area contributed by atoms with Gasteiger partial charge in [0.2, 0.25) is 0 Å². The van der Waals surface area contributed by atoms with E-state index in [1.54, 1.807) is 22.6 Å². The van der Waals surface area contributed by atoms with Gasteiger partial charge in [0.05, 0.1) is 36.3 Å². The van der Waals surface area contributed by atoms with Crippen LogP contribution in [0.4, 0.5) is 11.5 Å². The zero-order valence-electron chi connectivity index (χ0n) is 17.9. The van der Waals surface area contributed by atoms with Gasteiger partial charge in [-0.2, -0.15) is 5.10 Å². The Morgan fingerprint density at radius 2 is 2.12 bits per heavy atom. The number of ether oxygens (including phenoxy) is 1. The minimum Gasteiger partial charge on any atom is -0.378 e. The van der Waals surface area contributed by atoms with Crippen molar-refractivity contribution in [2.45, 2.75) is 18.6 Å². The van der Waals surface area contributed by atoms with E-state index in [4.69, 9.17) is 21.3 Å². The van der Waals surface area contributed by atoms with Gasteiger partial charge in [0.15, 0.2) is 10.8 Å². The summed E-state index contributed by atoms with van der Waals surface area (Å²) in [6.07, 6.45) is 1.74. The number of amides is 1. The van der Waals surface area contributed by atoms with Crippen LogP contribution >= 0.6 is 23.4 Å². The second-order valence-corrected chi connectivity index (χ2v) is 8.78. The molecule has 1 aromatic carbocycles. The molecular formula is C20H22ClN7O4S. The molecule has 0 saturated carbocycles. The van der Waals surface area contributed by atoms with E-state index in [-0.39, 0.29) is 22.8 Å². The molecule has 0 spiro atoms. The van der Waals surface area contributed by atoms with Crippen molar-refractivity contribution in [1.82, 2.24) is 25.1 Å². The lowest BCUT2D eigenvalue weighted by Gasteiger charge is -2.28. The number of nitrogens with zero attached hydrogens (tertiary/aromatic N) is 6. The van der Waals surface area contributed by atoms with Crippen molar-refractivity contribution < 1.29 is 14.5 Å². The highest BCUT2D eigenvalue weighted by Crippen LogP contribution is 2.28. The minimum atomic E-state index is -0.618. The summed E-state index contributed by atoms with van der Waals surface area (Å²) >= 11 is 7.37. The number of carbonyl (C=O) groups excluding carboxylic acids is 1. The number of benzene rings is 1. The van der Waals surface area contributed by atoms with E-state index >= 15 is 0 Å². The zero-order chi connectivity index (χ0) is 23.4. The van der Waals surface area contributed by atoms with Gasteiger partial charge in [0.1, 0.15) is 10.8 Å². The number of nitro groups is 1. The van der Waals surface area contributed by atoms with Crippen molar-refractivity contribution in [3.05, 3.63) is 45.1 Å². The molecule has 0 radical (unpaired) electrons. The molecule has 1 N–H and O–H groups in total. The van der Waals surface area contributed by atoms with E-state index in [0.29, 0.717) is 30.6 Å². The first-order valence-corrected chi connectivity index (χ1v) is 11.8. The first-order chi connectivity index (χ1) is 16.0. The molecule has 1 aliphatic rings. The Morgan fingerprint density at radius 1 is 1.33 bits per heavy atom. The Morgan fingerprint density at radius 3 is 2.85 bits per heavy atom. The molecule has 1 fully saturated rings. The Kier molecular flexibility index (Phi) is 7.26. The third-order valence-corrected chi connectivity index (χ3v) is 6.10. The Bertz CT molecular complexity index is 1180. The number of thioether (sulfide) groups is 1. The van der Waals surface area contributed by atoms with Gasteiger partial charge >= 0.3 is 0 Å². The molecule has 3 aromatic rings. The van der Waals surface area contributed by atoms with E-state index in [9.17, 15) is 14.9 Å². The van der Waals surface area contributed by atoms with Gasteiger partial charge in [0, 0.05) is 31.3 Å². The van der Waals surface area contributed by atoms with Crippen molar-refractivity contribution in [2.24, 2.45) is 0 Å². The number of rotatable bonds is 8. The SMILES string of the molecule is CCSc1nc(N2CCOCC2)c2cnn(CCNC(=O)c3ccc(Cl)c([N+](=O)[O-])c3)c2n1. The van der Waals surface area contributed by atoms with E-state index in [1.807, 2.05) is 6.92 Å². The van der Waals surface area contributed by atoms with Crippen molar-refractivity contribution in [3.8, 4) is 0 Å². The molecule has 4 rings (SSSR count). The average Bonchev–Trinajstić information content (AvgIpc) is 3.22. The number of halogens is 1. The summed E-state index contributed by atoms with van der Waals surface area (Å²) in [7, 11) is 0. The molecule has 33 heavy (non-hydrogen) atoms. The van der Waals surface area contributed by atoms with Gasteiger partial charge in [-0.3, -0.25) is 14.9 Å². The maximum Gasteiger partial charge on any atom is 0.288 e. The zero-order valence-corrected chi connectivity index (χ0v) is 19.4. The molecule has 13 heteroatoms. The molecular weight excluding hydrogens is 470 g/mol. The number of fused-ring (bicyclic) bond motifs is 1. The van der Waals surface area contributed by atoms with Crippen LogP contribution in [0.5, 0.6) is 0 Å². The Labute approximate surface area is 198 Å². The topological polar surface area (TPSA) is 128 Å². The van der Waals surface area contributed by atoms with Gasteiger partial charge in [-0.05, 0) is 17.9 Å². The monoisotopic (exact) mass is 491 g/mol. The van der Waals surface area contributed by atoms with Crippen LogP contribution in [0.3, 0.4) is 0 Å². The summed E-state index contributed by atoms with van der Waals surface area (Å²) in [6, 6.07) is 3.95. The highest BCUT2D eigenvalue weighted by molar-refractivity contribution is 7.99. The van der Waals surface area contributed by atoms with Crippen LogP contribution in [0.2, 0.25) is 5.02 Å². The highest BCUT2D eigenvalue weighted by atomic mass is 35.5. The first-order valence-electron chi connectivity index (χ1n) is 10.4. The number of aromatic nitrogens is 4. The normalized spacial score (nSPS) is 13.9. The predicted molar refractivity (Wildman–Crippen MR) is 125 cm³/mol. The minimum absolute atomic E-state index is 0.0175. The largest absolute Gasteiger partial charge is 0.378 e. The molecule has 2 aromatic heterocycles. The standard InChI is InChI=1S/C20H22ClN7O4S/c1-2-33-20-24-17(26-7-9-32-10-8-26)14-12-23-27(18(14)25-20)6-5-22-19(29)13-3-4-15(21)16(11-13)28(30)31/h3-4,11-12H,2,5-10H2,1H3,(H,22,29).